The number of aromatic nitrogens is 6. The van der Waals surface area contributed by atoms with Crippen LogP contribution in [0, 0.1) is 0 Å². The van der Waals surface area contributed by atoms with Crippen LogP contribution in [0.3, 0.4) is 0 Å². The van der Waals surface area contributed by atoms with Gasteiger partial charge in [-0.05, 0) is 44.2 Å². The van der Waals surface area contributed by atoms with Crippen molar-refractivity contribution in [2.45, 2.75) is 51.3 Å². The Kier molecular flexibility index (Phi) is 4.48. The van der Waals surface area contributed by atoms with Crippen LogP contribution >= 0.6 is 0 Å². The van der Waals surface area contributed by atoms with E-state index < -0.39 is 0 Å². The lowest BCUT2D eigenvalue weighted by Crippen LogP contribution is -2.23. The summed E-state index contributed by atoms with van der Waals surface area (Å²) in [5, 5.41) is 8.23. The topological polar surface area (TPSA) is 90.6 Å². The van der Waals surface area contributed by atoms with Crippen molar-refractivity contribution in [3.05, 3.63) is 47.3 Å². The molecule has 3 aromatic heterocycles. The molecule has 0 aromatic carbocycles. The average molecular weight is 377 g/mol. The SMILES string of the molecule is COCc1nc2n(n1)CCCC2Nc1nc(-c2ccccn2)nc2c1CCC2. The minimum Gasteiger partial charge on any atom is -0.377 e. The third kappa shape index (κ3) is 3.13. The maximum Gasteiger partial charge on any atom is 0.180 e. The first-order valence-electron chi connectivity index (χ1n) is 9.82. The van der Waals surface area contributed by atoms with Crippen LogP contribution in [-0.2, 0) is 30.7 Å². The first kappa shape index (κ1) is 17.2. The molecule has 8 heteroatoms. The average Bonchev–Trinajstić information content (AvgIpc) is 3.36. The molecule has 1 atom stereocenters. The van der Waals surface area contributed by atoms with Gasteiger partial charge in [0.25, 0.3) is 0 Å². The standard InChI is InChI=1S/C20H23N7O/c1-28-12-17-24-20-16(9-5-11-27(20)26-17)23-18-13-6-4-8-14(13)22-19(25-18)15-7-2-3-10-21-15/h2-3,7,10,16H,4-6,8-9,11-12H2,1H3,(H,22,23,25). The van der Waals surface area contributed by atoms with E-state index in [1.54, 1.807) is 13.3 Å². The lowest BCUT2D eigenvalue weighted by atomic mass is 10.1. The number of hydrogen-bond acceptors (Lipinski definition) is 7. The number of rotatable bonds is 5. The monoisotopic (exact) mass is 377 g/mol. The van der Waals surface area contributed by atoms with Gasteiger partial charge < -0.3 is 10.1 Å². The Morgan fingerprint density at radius 3 is 3.00 bits per heavy atom. The molecule has 3 aromatic rings. The second-order valence-electron chi connectivity index (χ2n) is 7.27. The summed E-state index contributed by atoms with van der Waals surface area (Å²) in [5.41, 5.74) is 3.17. The zero-order valence-corrected chi connectivity index (χ0v) is 15.9. The van der Waals surface area contributed by atoms with Crippen molar-refractivity contribution in [2.75, 3.05) is 12.4 Å². The number of methoxy groups -OCH3 is 1. The Balaban J connectivity index is 1.50. The van der Waals surface area contributed by atoms with Gasteiger partial charge in [-0.2, -0.15) is 5.10 Å². The molecule has 1 aliphatic heterocycles. The number of anilines is 1. The molecule has 0 saturated heterocycles. The molecule has 0 bridgehead atoms. The molecule has 1 unspecified atom stereocenters. The maximum absolute atomic E-state index is 5.20. The van der Waals surface area contributed by atoms with Gasteiger partial charge >= 0.3 is 0 Å². The summed E-state index contributed by atoms with van der Waals surface area (Å²) in [4.78, 5) is 18.8. The van der Waals surface area contributed by atoms with E-state index in [0.29, 0.717) is 12.4 Å². The van der Waals surface area contributed by atoms with Crippen molar-refractivity contribution >= 4 is 5.82 Å². The van der Waals surface area contributed by atoms with E-state index >= 15 is 0 Å². The van der Waals surface area contributed by atoms with Gasteiger partial charge in [0.15, 0.2) is 11.6 Å². The second kappa shape index (κ2) is 7.27. The van der Waals surface area contributed by atoms with E-state index in [1.807, 2.05) is 22.9 Å². The molecule has 0 spiro atoms. The Bertz CT molecular complexity index is 986. The first-order valence-corrected chi connectivity index (χ1v) is 9.82. The van der Waals surface area contributed by atoms with Crippen molar-refractivity contribution in [3.8, 4) is 11.5 Å². The predicted molar refractivity (Wildman–Crippen MR) is 104 cm³/mol. The maximum atomic E-state index is 5.20. The third-order valence-electron chi connectivity index (χ3n) is 5.33. The summed E-state index contributed by atoms with van der Waals surface area (Å²) in [6, 6.07) is 5.91. The van der Waals surface area contributed by atoms with Crippen molar-refractivity contribution in [3.63, 3.8) is 0 Å². The van der Waals surface area contributed by atoms with Crippen LogP contribution in [0.15, 0.2) is 24.4 Å². The van der Waals surface area contributed by atoms with Crippen LogP contribution in [0.5, 0.6) is 0 Å². The van der Waals surface area contributed by atoms with E-state index in [2.05, 4.69) is 15.4 Å². The van der Waals surface area contributed by atoms with Crippen LogP contribution in [0.25, 0.3) is 11.5 Å². The van der Waals surface area contributed by atoms with Crippen molar-refractivity contribution in [2.24, 2.45) is 0 Å². The molecule has 1 aliphatic carbocycles. The Morgan fingerprint density at radius 1 is 1.18 bits per heavy atom. The smallest absolute Gasteiger partial charge is 0.180 e. The summed E-state index contributed by atoms with van der Waals surface area (Å²) in [5.74, 6) is 3.29. The normalized spacial score (nSPS) is 18.0. The molecular weight excluding hydrogens is 354 g/mol. The summed E-state index contributed by atoms with van der Waals surface area (Å²) < 4.78 is 7.19. The molecular formula is C20H23N7O. The molecule has 0 radical (unpaired) electrons. The number of pyridine rings is 1. The largest absolute Gasteiger partial charge is 0.377 e. The van der Waals surface area contributed by atoms with Crippen LogP contribution in [0.1, 0.15) is 48.2 Å². The highest BCUT2D eigenvalue weighted by atomic mass is 16.5. The van der Waals surface area contributed by atoms with Crippen molar-refractivity contribution in [1.82, 2.24) is 29.7 Å². The number of nitrogens with one attached hydrogen (secondary N) is 1. The quantitative estimate of drug-likeness (QED) is 0.731. The van der Waals surface area contributed by atoms with Crippen molar-refractivity contribution in [1.29, 1.82) is 0 Å². The van der Waals surface area contributed by atoms with Gasteiger partial charge in [0, 0.05) is 31.1 Å². The predicted octanol–water partition coefficient (Wildman–Crippen LogP) is 2.71. The lowest BCUT2D eigenvalue weighted by molar-refractivity contribution is 0.177. The summed E-state index contributed by atoms with van der Waals surface area (Å²) in [6.45, 7) is 1.32. The molecule has 144 valence electrons. The molecule has 8 nitrogen and oxygen atoms in total. The highest BCUT2D eigenvalue weighted by molar-refractivity contribution is 5.58. The van der Waals surface area contributed by atoms with Crippen molar-refractivity contribution < 1.29 is 4.74 Å². The molecule has 0 fully saturated rings. The van der Waals surface area contributed by atoms with Gasteiger partial charge in [0.1, 0.15) is 23.9 Å². The van der Waals surface area contributed by atoms with Gasteiger partial charge in [0.05, 0.1) is 6.04 Å². The first-order chi connectivity index (χ1) is 13.8. The Labute approximate surface area is 163 Å². The van der Waals surface area contributed by atoms with Crippen LogP contribution in [0.2, 0.25) is 0 Å². The number of ether oxygens (including phenoxy) is 1. The number of aryl methyl sites for hydroxylation is 2. The van der Waals surface area contributed by atoms with E-state index in [0.717, 1.165) is 67.5 Å². The third-order valence-corrected chi connectivity index (χ3v) is 5.33. The van der Waals surface area contributed by atoms with E-state index in [1.165, 1.54) is 5.56 Å². The molecule has 1 N–H and O–H groups in total. The number of nitrogens with zero attached hydrogens (tertiary/aromatic N) is 6. The summed E-state index contributed by atoms with van der Waals surface area (Å²) in [6.07, 6.45) is 6.95. The van der Waals surface area contributed by atoms with E-state index in [9.17, 15) is 0 Å². The van der Waals surface area contributed by atoms with Crippen LogP contribution in [-0.4, -0.2) is 36.8 Å². The van der Waals surface area contributed by atoms with E-state index in [-0.39, 0.29) is 6.04 Å². The molecule has 2 aliphatic rings. The van der Waals surface area contributed by atoms with Gasteiger partial charge in [-0.15, -0.1) is 0 Å². The van der Waals surface area contributed by atoms with Crippen LogP contribution < -0.4 is 5.32 Å². The fourth-order valence-electron chi connectivity index (χ4n) is 4.05. The molecule has 0 saturated carbocycles. The molecule has 0 amide bonds. The zero-order valence-electron chi connectivity index (χ0n) is 15.9. The lowest BCUT2D eigenvalue weighted by Gasteiger charge is -2.24. The van der Waals surface area contributed by atoms with Crippen LogP contribution in [0.4, 0.5) is 5.82 Å². The Hall–Kier alpha value is -2.87. The second-order valence-corrected chi connectivity index (χ2v) is 7.27. The van der Waals surface area contributed by atoms with Gasteiger partial charge in [-0.1, -0.05) is 6.07 Å². The van der Waals surface area contributed by atoms with Gasteiger partial charge in [-0.3, -0.25) is 4.98 Å². The zero-order chi connectivity index (χ0) is 18.9. The molecule has 28 heavy (non-hydrogen) atoms. The minimum absolute atomic E-state index is 0.0861. The molecule has 4 heterocycles. The highest BCUT2D eigenvalue weighted by Crippen LogP contribution is 2.33. The summed E-state index contributed by atoms with van der Waals surface area (Å²) in [7, 11) is 1.67. The number of fused-ring (bicyclic) bond motifs is 2. The minimum atomic E-state index is 0.0861. The number of hydrogen-bond donors (Lipinski definition) is 1. The fourth-order valence-corrected chi connectivity index (χ4v) is 4.05. The molecule has 5 rings (SSSR count). The Morgan fingerprint density at radius 2 is 2.14 bits per heavy atom. The van der Waals surface area contributed by atoms with E-state index in [4.69, 9.17) is 19.7 Å². The van der Waals surface area contributed by atoms with Gasteiger partial charge in [0.2, 0.25) is 0 Å². The highest BCUT2D eigenvalue weighted by Gasteiger charge is 2.27. The van der Waals surface area contributed by atoms with Gasteiger partial charge in [-0.25, -0.2) is 19.6 Å². The summed E-state index contributed by atoms with van der Waals surface area (Å²) >= 11 is 0. The fraction of sp³-hybridized carbons (Fsp3) is 0.450.